The van der Waals surface area contributed by atoms with E-state index in [2.05, 4.69) is 10.4 Å². The van der Waals surface area contributed by atoms with Crippen LogP contribution in [0.25, 0.3) is 0 Å². The maximum absolute atomic E-state index is 11.6. The van der Waals surface area contributed by atoms with Crippen LogP contribution >= 0.6 is 0 Å². The molecule has 5 heteroatoms. The second-order valence-corrected chi connectivity index (χ2v) is 3.20. The zero-order valence-corrected chi connectivity index (χ0v) is 8.52. The van der Waals surface area contributed by atoms with Crippen LogP contribution in [0.15, 0.2) is 29.0 Å². The van der Waals surface area contributed by atoms with Gasteiger partial charge in [0.15, 0.2) is 5.76 Å². The van der Waals surface area contributed by atoms with Gasteiger partial charge in [0.05, 0.1) is 23.8 Å². The summed E-state index contributed by atoms with van der Waals surface area (Å²) in [4.78, 5) is 11.6. The molecule has 0 aliphatic carbocycles. The highest BCUT2D eigenvalue weighted by Gasteiger charge is 2.11. The maximum atomic E-state index is 11.6. The molecule has 0 spiro atoms. The summed E-state index contributed by atoms with van der Waals surface area (Å²) in [6.07, 6.45) is 3.07. The zero-order chi connectivity index (χ0) is 10.8. The van der Waals surface area contributed by atoms with Crippen LogP contribution in [0, 0.1) is 6.92 Å². The van der Waals surface area contributed by atoms with Gasteiger partial charge in [-0.05, 0) is 19.1 Å². The van der Waals surface area contributed by atoms with E-state index in [1.165, 1.54) is 6.26 Å². The van der Waals surface area contributed by atoms with Gasteiger partial charge in [0.1, 0.15) is 0 Å². The Balaban J connectivity index is 2.16. The molecular weight excluding hydrogens is 194 g/mol. The number of hydrogen-bond acceptors (Lipinski definition) is 3. The molecule has 1 N–H and O–H groups in total. The van der Waals surface area contributed by atoms with Crippen molar-refractivity contribution in [2.75, 3.05) is 5.32 Å². The molecule has 0 aliphatic heterocycles. The number of carbonyl (C=O) groups excluding carboxylic acids is 1. The van der Waals surface area contributed by atoms with Crippen molar-refractivity contribution >= 4 is 11.6 Å². The molecule has 1 amide bonds. The van der Waals surface area contributed by atoms with Crippen LogP contribution in [-0.4, -0.2) is 15.7 Å². The molecule has 15 heavy (non-hydrogen) atoms. The van der Waals surface area contributed by atoms with E-state index in [0.717, 1.165) is 5.69 Å². The van der Waals surface area contributed by atoms with Crippen LogP contribution in [0.5, 0.6) is 0 Å². The molecule has 0 saturated heterocycles. The summed E-state index contributed by atoms with van der Waals surface area (Å²) in [7, 11) is 1.82. The number of amides is 1. The highest BCUT2D eigenvalue weighted by Crippen LogP contribution is 2.13. The Hall–Kier alpha value is -2.04. The van der Waals surface area contributed by atoms with Crippen molar-refractivity contribution in [3.8, 4) is 0 Å². The van der Waals surface area contributed by atoms with Gasteiger partial charge in [0.2, 0.25) is 0 Å². The van der Waals surface area contributed by atoms with Gasteiger partial charge in [-0.1, -0.05) is 0 Å². The van der Waals surface area contributed by atoms with E-state index in [0.29, 0.717) is 11.4 Å². The van der Waals surface area contributed by atoms with Gasteiger partial charge in [-0.15, -0.1) is 0 Å². The number of aromatic nitrogens is 2. The molecular formula is C10H11N3O2. The van der Waals surface area contributed by atoms with Gasteiger partial charge in [0.25, 0.3) is 5.91 Å². The lowest BCUT2D eigenvalue weighted by Crippen LogP contribution is -2.11. The Morgan fingerprint density at radius 2 is 2.40 bits per heavy atom. The molecule has 0 aromatic carbocycles. The van der Waals surface area contributed by atoms with Gasteiger partial charge in [0, 0.05) is 7.05 Å². The SMILES string of the molecule is Cc1c(NC(=O)c2ccco2)cnn1C. The zero-order valence-electron chi connectivity index (χ0n) is 8.52. The topological polar surface area (TPSA) is 60.1 Å². The van der Waals surface area contributed by atoms with E-state index in [-0.39, 0.29) is 5.91 Å². The van der Waals surface area contributed by atoms with Crippen LogP contribution in [0.2, 0.25) is 0 Å². The van der Waals surface area contributed by atoms with E-state index >= 15 is 0 Å². The first-order valence-corrected chi connectivity index (χ1v) is 4.52. The normalized spacial score (nSPS) is 10.3. The Labute approximate surface area is 86.7 Å². The third kappa shape index (κ3) is 1.76. The second kappa shape index (κ2) is 3.61. The molecule has 2 heterocycles. The van der Waals surface area contributed by atoms with Gasteiger partial charge in [-0.3, -0.25) is 9.48 Å². The molecule has 2 aromatic rings. The summed E-state index contributed by atoms with van der Waals surface area (Å²) in [5.41, 5.74) is 1.59. The molecule has 0 radical (unpaired) electrons. The van der Waals surface area contributed by atoms with Gasteiger partial charge in [-0.2, -0.15) is 5.10 Å². The number of carbonyl (C=O) groups is 1. The fourth-order valence-electron chi connectivity index (χ4n) is 1.21. The highest BCUT2D eigenvalue weighted by molar-refractivity contribution is 6.02. The Bertz CT molecular complexity index is 471. The lowest BCUT2D eigenvalue weighted by atomic mass is 10.3. The fourth-order valence-corrected chi connectivity index (χ4v) is 1.21. The Morgan fingerprint density at radius 3 is 2.93 bits per heavy atom. The maximum Gasteiger partial charge on any atom is 0.291 e. The number of aryl methyl sites for hydroxylation is 1. The number of hydrogen-bond donors (Lipinski definition) is 1. The smallest absolute Gasteiger partial charge is 0.291 e. The monoisotopic (exact) mass is 205 g/mol. The van der Waals surface area contributed by atoms with Crippen molar-refractivity contribution in [3.63, 3.8) is 0 Å². The minimum Gasteiger partial charge on any atom is -0.459 e. The summed E-state index contributed by atoms with van der Waals surface area (Å²) in [6.45, 7) is 1.88. The van der Waals surface area contributed by atoms with Crippen molar-refractivity contribution in [1.29, 1.82) is 0 Å². The predicted octanol–water partition coefficient (Wildman–Crippen LogP) is 1.57. The average molecular weight is 205 g/mol. The van der Waals surface area contributed by atoms with E-state index in [4.69, 9.17) is 4.42 Å². The van der Waals surface area contributed by atoms with Crippen molar-refractivity contribution in [2.45, 2.75) is 6.92 Å². The molecule has 78 valence electrons. The minimum absolute atomic E-state index is 0.267. The first kappa shape index (κ1) is 9.51. The summed E-state index contributed by atoms with van der Waals surface area (Å²) in [5, 5.41) is 6.74. The highest BCUT2D eigenvalue weighted by atomic mass is 16.3. The van der Waals surface area contributed by atoms with Crippen LogP contribution in [0.1, 0.15) is 16.2 Å². The molecule has 0 unspecified atom stereocenters. The number of anilines is 1. The van der Waals surface area contributed by atoms with E-state index in [1.807, 2.05) is 14.0 Å². The molecule has 2 rings (SSSR count). The van der Waals surface area contributed by atoms with Gasteiger partial charge < -0.3 is 9.73 Å². The van der Waals surface area contributed by atoms with Crippen molar-refractivity contribution in [1.82, 2.24) is 9.78 Å². The van der Waals surface area contributed by atoms with E-state index < -0.39 is 0 Å². The van der Waals surface area contributed by atoms with Crippen LogP contribution in [0.3, 0.4) is 0 Å². The Kier molecular flexibility index (Phi) is 2.29. The van der Waals surface area contributed by atoms with Crippen LogP contribution in [-0.2, 0) is 7.05 Å². The number of nitrogens with one attached hydrogen (secondary N) is 1. The average Bonchev–Trinajstić information content (AvgIpc) is 2.83. The lowest BCUT2D eigenvalue weighted by molar-refractivity contribution is 0.0996. The quantitative estimate of drug-likeness (QED) is 0.809. The van der Waals surface area contributed by atoms with Crippen LogP contribution < -0.4 is 5.32 Å². The van der Waals surface area contributed by atoms with Gasteiger partial charge in [-0.25, -0.2) is 0 Å². The van der Waals surface area contributed by atoms with Crippen LogP contribution in [0.4, 0.5) is 5.69 Å². The van der Waals surface area contributed by atoms with E-state index in [9.17, 15) is 4.79 Å². The summed E-state index contributed by atoms with van der Waals surface area (Å²) < 4.78 is 6.67. The third-order valence-electron chi connectivity index (χ3n) is 2.23. The predicted molar refractivity (Wildman–Crippen MR) is 54.6 cm³/mol. The van der Waals surface area contributed by atoms with Gasteiger partial charge >= 0.3 is 0 Å². The summed E-state index contributed by atoms with van der Waals surface area (Å²) >= 11 is 0. The number of nitrogens with zero attached hydrogens (tertiary/aromatic N) is 2. The molecule has 0 bridgehead atoms. The Morgan fingerprint density at radius 1 is 1.60 bits per heavy atom. The lowest BCUT2D eigenvalue weighted by Gasteiger charge is -2.01. The molecule has 2 aromatic heterocycles. The standard InChI is InChI=1S/C10H11N3O2/c1-7-8(6-11-13(7)2)12-10(14)9-4-3-5-15-9/h3-6H,1-2H3,(H,12,14). The number of rotatable bonds is 2. The minimum atomic E-state index is -0.267. The number of furan rings is 1. The molecule has 0 aliphatic rings. The third-order valence-corrected chi connectivity index (χ3v) is 2.23. The van der Waals surface area contributed by atoms with Crippen molar-refractivity contribution in [2.24, 2.45) is 7.05 Å². The fraction of sp³-hybridized carbons (Fsp3) is 0.200. The van der Waals surface area contributed by atoms with Crippen molar-refractivity contribution < 1.29 is 9.21 Å². The molecule has 0 atom stereocenters. The molecule has 5 nitrogen and oxygen atoms in total. The van der Waals surface area contributed by atoms with E-state index in [1.54, 1.807) is 23.0 Å². The second-order valence-electron chi connectivity index (χ2n) is 3.20. The summed E-state index contributed by atoms with van der Waals surface area (Å²) in [5.74, 6) is 0.0225. The molecule has 0 fully saturated rings. The van der Waals surface area contributed by atoms with Crippen molar-refractivity contribution in [3.05, 3.63) is 36.0 Å². The first-order valence-electron chi connectivity index (χ1n) is 4.52. The molecule has 0 saturated carbocycles. The largest absolute Gasteiger partial charge is 0.459 e. The first-order chi connectivity index (χ1) is 7.18. The summed E-state index contributed by atoms with van der Waals surface area (Å²) in [6, 6.07) is 3.28.